The van der Waals surface area contributed by atoms with E-state index in [1.807, 2.05) is 13.8 Å². The van der Waals surface area contributed by atoms with Crippen molar-refractivity contribution in [2.24, 2.45) is 0 Å². The highest BCUT2D eigenvalue weighted by atomic mass is 19.1. The molecule has 23 heavy (non-hydrogen) atoms. The molecule has 0 aliphatic heterocycles. The van der Waals surface area contributed by atoms with Gasteiger partial charge in [-0.15, -0.1) is 10.2 Å². The summed E-state index contributed by atoms with van der Waals surface area (Å²) in [7, 11) is 0. The van der Waals surface area contributed by atoms with Crippen molar-refractivity contribution in [3.05, 3.63) is 41.2 Å². The summed E-state index contributed by atoms with van der Waals surface area (Å²) in [5.41, 5.74) is 1.41. The van der Waals surface area contributed by atoms with E-state index in [0.29, 0.717) is 29.0 Å². The number of hydrogen-bond acceptors (Lipinski definition) is 5. The molecule has 1 amide bonds. The van der Waals surface area contributed by atoms with Crippen LogP contribution in [0.3, 0.4) is 0 Å². The molecule has 120 valence electrons. The predicted molar refractivity (Wildman–Crippen MR) is 80.0 cm³/mol. The number of aromatic nitrogens is 4. The average molecular weight is 317 g/mol. The van der Waals surface area contributed by atoms with Gasteiger partial charge in [0.1, 0.15) is 23.1 Å². The van der Waals surface area contributed by atoms with E-state index in [1.54, 1.807) is 6.07 Å². The van der Waals surface area contributed by atoms with E-state index in [2.05, 4.69) is 25.9 Å². The van der Waals surface area contributed by atoms with Crippen molar-refractivity contribution in [1.29, 1.82) is 0 Å². The van der Waals surface area contributed by atoms with Crippen LogP contribution >= 0.6 is 0 Å². The zero-order valence-corrected chi connectivity index (χ0v) is 12.8. The molecule has 2 N–H and O–H groups in total. The number of carbonyl (C=O) groups excluding carboxylic acids is 1. The Morgan fingerprint density at radius 3 is 3.00 bits per heavy atom. The number of hydrogen-bond donors (Lipinski definition) is 2. The number of furan rings is 1. The predicted octanol–water partition coefficient (Wildman–Crippen LogP) is 2.20. The molecular formula is C15H16FN5O2. The van der Waals surface area contributed by atoms with Gasteiger partial charge in [-0.2, -0.15) is 5.21 Å². The van der Waals surface area contributed by atoms with Crippen molar-refractivity contribution >= 4 is 16.9 Å². The number of amides is 1. The third kappa shape index (κ3) is 2.92. The van der Waals surface area contributed by atoms with Crippen molar-refractivity contribution in [3.63, 3.8) is 0 Å². The van der Waals surface area contributed by atoms with Gasteiger partial charge in [0.15, 0.2) is 5.82 Å². The van der Waals surface area contributed by atoms with Crippen LogP contribution in [0.4, 0.5) is 4.39 Å². The van der Waals surface area contributed by atoms with Crippen LogP contribution < -0.4 is 5.32 Å². The van der Waals surface area contributed by atoms with Crippen molar-refractivity contribution in [1.82, 2.24) is 25.9 Å². The van der Waals surface area contributed by atoms with Crippen LogP contribution in [0.25, 0.3) is 11.0 Å². The van der Waals surface area contributed by atoms with Crippen LogP contribution in [0, 0.1) is 12.7 Å². The van der Waals surface area contributed by atoms with Gasteiger partial charge in [-0.1, -0.05) is 12.1 Å². The van der Waals surface area contributed by atoms with Crippen LogP contribution in [0.5, 0.6) is 0 Å². The van der Waals surface area contributed by atoms with Crippen molar-refractivity contribution in [2.75, 3.05) is 0 Å². The average Bonchev–Trinajstić information content (AvgIpc) is 3.16. The maximum atomic E-state index is 13.3. The molecule has 0 saturated heterocycles. The maximum Gasteiger partial charge on any atom is 0.231 e. The normalized spacial score (nSPS) is 12.5. The molecule has 0 aliphatic rings. The van der Waals surface area contributed by atoms with E-state index < -0.39 is 5.92 Å². The summed E-state index contributed by atoms with van der Waals surface area (Å²) in [6.45, 7) is 3.92. The van der Waals surface area contributed by atoms with Crippen LogP contribution in [-0.4, -0.2) is 26.5 Å². The summed E-state index contributed by atoms with van der Waals surface area (Å²) < 4.78 is 19.0. The van der Waals surface area contributed by atoms with Crippen molar-refractivity contribution in [2.45, 2.75) is 32.7 Å². The summed E-state index contributed by atoms with van der Waals surface area (Å²) >= 11 is 0. The van der Waals surface area contributed by atoms with Gasteiger partial charge in [0.2, 0.25) is 5.91 Å². The standard InChI is InChI=1S/C15H16FN5O2/c1-3-10(14-18-20-21-19-14)15(22)17-7-13-8(2)11-6-9(16)4-5-12(11)23-13/h4-6,10H,3,7H2,1-2H3,(H,17,22)(H,18,19,20,21). The quantitative estimate of drug-likeness (QED) is 0.752. The molecule has 2 aromatic heterocycles. The lowest BCUT2D eigenvalue weighted by molar-refractivity contribution is -0.123. The first-order chi connectivity index (χ1) is 11.1. The monoisotopic (exact) mass is 317 g/mol. The van der Waals surface area contributed by atoms with Gasteiger partial charge >= 0.3 is 0 Å². The smallest absolute Gasteiger partial charge is 0.231 e. The number of aromatic amines is 1. The van der Waals surface area contributed by atoms with E-state index in [9.17, 15) is 9.18 Å². The minimum Gasteiger partial charge on any atom is -0.459 e. The number of aryl methyl sites for hydroxylation is 1. The second-order valence-corrected chi connectivity index (χ2v) is 5.24. The Labute approximate surface area is 131 Å². The van der Waals surface area contributed by atoms with Crippen LogP contribution in [-0.2, 0) is 11.3 Å². The summed E-state index contributed by atoms with van der Waals surface area (Å²) in [6.07, 6.45) is 0.551. The Hall–Kier alpha value is -2.77. The van der Waals surface area contributed by atoms with E-state index in [1.165, 1.54) is 12.1 Å². The fourth-order valence-electron chi connectivity index (χ4n) is 2.51. The van der Waals surface area contributed by atoms with Gasteiger partial charge in [0, 0.05) is 10.9 Å². The summed E-state index contributed by atoms with van der Waals surface area (Å²) in [4.78, 5) is 12.3. The minimum atomic E-state index is -0.476. The van der Waals surface area contributed by atoms with E-state index in [-0.39, 0.29) is 18.3 Å². The molecule has 1 atom stereocenters. The van der Waals surface area contributed by atoms with Crippen LogP contribution in [0.2, 0.25) is 0 Å². The van der Waals surface area contributed by atoms with Gasteiger partial charge in [0.05, 0.1) is 6.54 Å². The van der Waals surface area contributed by atoms with Gasteiger partial charge in [-0.25, -0.2) is 4.39 Å². The van der Waals surface area contributed by atoms with Gasteiger partial charge in [-0.05, 0) is 31.5 Å². The van der Waals surface area contributed by atoms with Crippen LogP contribution in [0.15, 0.2) is 22.6 Å². The largest absolute Gasteiger partial charge is 0.459 e. The molecule has 0 spiro atoms. The number of benzene rings is 1. The topological polar surface area (TPSA) is 96.7 Å². The number of tetrazole rings is 1. The zero-order chi connectivity index (χ0) is 16.4. The first-order valence-corrected chi connectivity index (χ1v) is 7.28. The number of fused-ring (bicyclic) bond motifs is 1. The molecular weight excluding hydrogens is 301 g/mol. The van der Waals surface area contributed by atoms with Gasteiger partial charge in [0.25, 0.3) is 0 Å². The Bertz CT molecular complexity index is 828. The molecule has 0 bridgehead atoms. The lowest BCUT2D eigenvalue weighted by Crippen LogP contribution is -2.29. The van der Waals surface area contributed by atoms with Gasteiger partial charge < -0.3 is 9.73 Å². The molecule has 8 heteroatoms. The van der Waals surface area contributed by atoms with Crippen molar-refractivity contribution < 1.29 is 13.6 Å². The number of rotatable bonds is 5. The van der Waals surface area contributed by atoms with Gasteiger partial charge in [-0.3, -0.25) is 4.79 Å². The fraction of sp³-hybridized carbons (Fsp3) is 0.333. The molecule has 0 saturated carbocycles. The Balaban J connectivity index is 1.75. The third-order valence-electron chi connectivity index (χ3n) is 3.82. The number of nitrogens with one attached hydrogen (secondary N) is 2. The van der Waals surface area contributed by atoms with E-state index in [0.717, 1.165) is 5.56 Å². The highest BCUT2D eigenvalue weighted by molar-refractivity contribution is 5.84. The zero-order valence-electron chi connectivity index (χ0n) is 12.8. The number of nitrogens with zero attached hydrogens (tertiary/aromatic N) is 3. The molecule has 2 heterocycles. The molecule has 0 aliphatic carbocycles. The Morgan fingerprint density at radius 2 is 2.30 bits per heavy atom. The summed E-state index contributed by atoms with van der Waals surface area (Å²) in [6, 6.07) is 4.35. The molecule has 0 radical (unpaired) electrons. The SMILES string of the molecule is CCC(C(=O)NCc1oc2ccc(F)cc2c1C)c1nn[nH]n1. The fourth-order valence-corrected chi connectivity index (χ4v) is 2.51. The van der Waals surface area contributed by atoms with Crippen LogP contribution in [0.1, 0.15) is 36.4 Å². The molecule has 7 nitrogen and oxygen atoms in total. The molecule has 3 aromatic rings. The molecule has 3 rings (SSSR count). The Kier molecular flexibility index (Phi) is 4.05. The molecule has 0 fully saturated rings. The first kappa shape index (κ1) is 15.1. The maximum absolute atomic E-state index is 13.3. The highest BCUT2D eigenvalue weighted by Gasteiger charge is 2.23. The third-order valence-corrected chi connectivity index (χ3v) is 3.82. The van der Waals surface area contributed by atoms with Crippen molar-refractivity contribution in [3.8, 4) is 0 Å². The molecule has 1 unspecified atom stereocenters. The number of H-pyrrole nitrogens is 1. The second kappa shape index (κ2) is 6.15. The lowest BCUT2D eigenvalue weighted by Gasteiger charge is -2.10. The number of carbonyl (C=O) groups is 1. The number of halogens is 1. The molecule has 1 aromatic carbocycles. The Morgan fingerprint density at radius 1 is 1.48 bits per heavy atom. The lowest BCUT2D eigenvalue weighted by atomic mass is 10.1. The van der Waals surface area contributed by atoms with E-state index in [4.69, 9.17) is 4.42 Å². The summed E-state index contributed by atoms with van der Waals surface area (Å²) in [5, 5.41) is 17.0. The highest BCUT2D eigenvalue weighted by Crippen LogP contribution is 2.26. The minimum absolute atomic E-state index is 0.208. The second-order valence-electron chi connectivity index (χ2n) is 5.24. The summed E-state index contributed by atoms with van der Waals surface area (Å²) in [5.74, 6) is -0.0498. The first-order valence-electron chi connectivity index (χ1n) is 7.28. The van der Waals surface area contributed by atoms with E-state index >= 15 is 0 Å².